The van der Waals surface area contributed by atoms with Gasteiger partial charge in [0.15, 0.2) is 17.5 Å². The average Bonchev–Trinajstić information content (AvgIpc) is 3.25. The maximum Gasteiger partial charge on any atom is 0.164 e. The summed E-state index contributed by atoms with van der Waals surface area (Å²) in [4.78, 5) is 14.2. The van der Waals surface area contributed by atoms with Crippen LogP contribution < -0.4 is 0 Å². The zero-order chi connectivity index (χ0) is 22.4. The lowest BCUT2D eigenvalue weighted by molar-refractivity contribution is 0.628. The van der Waals surface area contributed by atoms with Gasteiger partial charge >= 0.3 is 0 Å². The van der Waals surface area contributed by atoms with Crippen molar-refractivity contribution in [2.45, 2.75) is 0 Å². The van der Waals surface area contributed by atoms with Crippen LogP contribution in [-0.4, -0.2) is 15.0 Å². The molecule has 158 valence electrons. The predicted molar refractivity (Wildman–Crippen MR) is 128 cm³/mol. The number of para-hydroxylation sites is 1. The van der Waals surface area contributed by atoms with Crippen LogP contribution in [0.25, 0.3) is 56.1 Å². The number of hydrogen-bond acceptors (Lipinski definition) is 4. The molecule has 6 heteroatoms. The minimum atomic E-state index is -0.493. The van der Waals surface area contributed by atoms with Crippen LogP contribution in [0.15, 0.2) is 95.4 Å². The first-order chi connectivity index (χ1) is 16.2. The van der Waals surface area contributed by atoms with Gasteiger partial charge in [-0.15, -0.1) is 0 Å². The van der Waals surface area contributed by atoms with Crippen molar-refractivity contribution in [1.29, 1.82) is 0 Å². The van der Waals surface area contributed by atoms with Crippen molar-refractivity contribution in [2.24, 2.45) is 0 Å². The molecule has 6 aromatic rings. The third-order valence-corrected chi connectivity index (χ3v) is 5.78. The molecule has 0 fully saturated rings. The molecule has 0 saturated heterocycles. The molecule has 33 heavy (non-hydrogen) atoms. The lowest BCUT2D eigenvalue weighted by Gasteiger charge is -2.09. The second-order valence-corrected chi connectivity index (χ2v) is 7.99. The van der Waals surface area contributed by atoms with Crippen LogP contribution in [0, 0.1) is 5.82 Å². The summed E-state index contributed by atoms with van der Waals surface area (Å²) in [5.74, 6) is 0.926. The summed E-state index contributed by atoms with van der Waals surface area (Å²) >= 11 is 6.05. The van der Waals surface area contributed by atoms with E-state index in [2.05, 4.69) is 4.98 Å². The number of aromatic nitrogens is 3. The molecule has 0 unspecified atom stereocenters. The van der Waals surface area contributed by atoms with Gasteiger partial charge in [-0.05, 0) is 30.3 Å². The molecule has 2 aromatic heterocycles. The van der Waals surface area contributed by atoms with Gasteiger partial charge in [0.05, 0.1) is 5.02 Å². The van der Waals surface area contributed by atoms with E-state index < -0.39 is 5.82 Å². The molecule has 0 bridgehead atoms. The number of rotatable bonds is 3. The molecule has 0 amide bonds. The van der Waals surface area contributed by atoms with Crippen LogP contribution in [-0.2, 0) is 0 Å². The van der Waals surface area contributed by atoms with Crippen molar-refractivity contribution >= 4 is 33.5 Å². The summed E-state index contributed by atoms with van der Waals surface area (Å²) in [6, 6.07) is 27.8. The molecular formula is C27H15ClFN3O. The lowest BCUT2D eigenvalue weighted by Crippen LogP contribution is -2.00. The fourth-order valence-electron chi connectivity index (χ4n) is 3.94. The Morgan fingerprint density at radius 3 is 2.15 bits per heavy atom. The molecule has 0 aliphatic heterocycles. The van der Waals surface area contributed by atoms with E-state index >= 15 is 0 Å². The number of hydrogen-bond donors (Lipinski definition) is 0. The normalized spacial score (nSPS) is 11.3. The molecule has 0 spiro atoms. The third kappa shape index (κ3) is 3.43. The molecule has 2 heterocycles. The van der Waals surface area contributed by atoms with Gasteiger partial charge in [-0.2, -0.15) is 0 Å². The highest BCUT2D eigenvalue weighted by Gasteiger charge is 2.17. The van der Waals surface area contributed by atoms with Crippen LogP contribution >= 0.6 is 11.6 Å². The molecule has 0 aliphatic rings. The maximum atomic E-state index is 13.8. The van der Waals surface area contributed by atoms with Gasteiger partial charge in [-0.25, -0.2) is 19.3 Å². The van der Waals surface area contributed by atoms with E-state index in [9.17, 15) is 4.39 Å². The Morgan fingerprint density at radius 1 is 0.636 bits per heavy atom. The summed E-state index contributed by atoms with van der Waals surface area (Å²) in [6.45, 7) is 0. The number of benzene rings is 4. The molecule has 6 rings (SSSR count). The first kappa shape index (κ1) is 19.6. The monoisotopic (exact) mass is 451 g/mol. The summed E-state index contributed by atoms with van der Waals surface area (Å²) in [7, 11) is 0. The number of fused-ring (bicyclic) bond motifs is 3. The molecular weight excluding hydrogens is 437 g/mol. The minimum absolute atomic E-state index is 0.0126. The van der Waals surface area contributed by atoms with Crippen molar-refractivity contribution in [3.8, 4) is 34.2 Å². The zero-order valence-corrected chi connectivity index (χ0v) is 17.9. The zero-order valence-electron chi connectivity index (χ0n) is 17.2. The van der Waals surface area contributed by atoms with Gasteiger partial charge in [0.1, 0.15) is 17.0 Å². The Morgan fingerprint density at radius 2 is 1.33 bits per heavy atom. The molecule has 0 aliphatic carbocycles. The molecule has 4 nitrogen and oxygen atoms in total. The van der Waals surface area contributed by atoms with Crippen molar-refractivity contribution in [3.05, 3.63) is 102 Å². The standard InChI is InChI=1S/C27H15ClFN3O/c28-20-15-17(13-14-21(20)29)26-30-25(16-7-2-1-3-8-16)31-27(32-26)19-10-6-12-23-24(19)18-9-4-5-11-22(18)33-23/h1-15H. The first-order valence-electron chi connectivity index (χ1n) is 10.3. The fourth-order valence-corrected chi connectivity index (χ4v) is 4.12. The second-order valence-electron chi connectivity index (χ2n) is 7.58. The number of nitrogens with zero attached hydrogens (tertiary/aromatic N) is 3. The molecule has 0 N–H and O–H groups in total. The van der Waals surface area contributed by atoms with E-state index in [1.165, 1.54) is 12.1 Å². The van der Waals surface area contributed by atoms with Gasteiger partial charge in [0.2, 0.25) is 0 Å². The van der Waals surface area contributed by atoms with Crippen molar-refractivity contribution < 1.29 is 8.81 Å². The Balaban J connectivity index is 1.65. The largest absolute Gasteiger partial charge is 0.456 e. The van der Waals surface area contributed by atoms with Crippen molar-refractivity contribution in [3.63, 3.8) is 0 Å². The molecule has 0 saturated carbocycles. The Hall–Kier alpha value is -4.09. The summed E-state index contributed by atoms with van der Waals surface area (Å²) < 4.78 is 19.8. The third-order valence-electron chi connectivity index (χ3n) is 5.49. The van der Waals surface area contributed by atoms with Gasteiger partial charge in [0.25, 0.3) is 0 Å². The van der Waals surface area contributed by atoms with Crippen molar-refractivity contribution in [1.82, 2.24) is 15.0 Å². The van der Waals surface area contributed by atoms with Crippen LogP contribution in [0.1, 0.15) is 0 Å². The number of furan rings is 1. The molecule has 0 radical (unpaired) electrons. The topological polar surface area (TPSA) is 51.8 Å². The Bertz CT molecular complexity index is 1650. The van der Waals surface area contributed by atoms with Gasteiger partial charge in [-0.3, -0.25) is 0 Å². The quantitative estimate of drug-likeness (QED) is 0.278. The maximum absolute atomic E-state index is 13.8. The molecule has 4 aromatic carbocycles. The average molecular weight is 452 g/mol. The Labute approximate surface area is 193 Å². The molecule has 0 atom stereocenters. The van der Waals surface area contributed by atoms with Gasteiger partial charge < -0.3 is 4.42 Å². The highest BCUT2D eigenvalue weighted by Crippen LogP contribution is 2.36. The summed E-state index contributed by atoms with van der Waals surface area (Å²) in [5.41, 5.74) is 3.82. The van der Waals surface area contributed by atoms with E-state index in [1.54, 1.807) is 6.07 Å². The minimum Gasteiger partial charge on any atom is -0.456 e. The smallest absolute Gasteiger partial charge is 0.164 e. The van der Waals surface area contributed by atoms with Crippen LogP contribution in [0.3, 0.4) is 0 Å². The lowest BCUT2D eigenvalue weighted by atomic mass is 10.1. The Kier molecular flexibility index (Phi) is 4.63. The van der Waals surface area contributed by atoms with Crippen LogP contribution in [0.4, 0.5) is 4.39 Å². The highest BCUT2D eigenvalue weighted by atomic mass is 35.5. The highest BCUT2D eigenvalue weighted by molar-refractivity contribution is 6.31. The van der Waals surface area contributed by atoms with Gasteiger partial charge in [0, 0.05) is 27.5 Å². The van der Waals surface area contributed by atoms with E-state index in [-0.39, 0.29) is 5.02 Å². The van der Waals surface area contributed by atoms with E-state index in [1.807, 2.05) is 72.8 Å². The SMILES string of the molecule is Fc1ccc(-c2nc(-c3ccccc3)nc(-c3cccc4oc5ccccc5c34)n2)cc1Cl. The fraction of sp³-hybridized carbons (Fsp3) is 0. The first-order valence-corrected chi connectivity index (χ1v) is 10.7. The number of halogens is 2. The van der Waals surface area contributed by atoms with E-state index in [0.29, 0.717) is 23.0 Å². The summed E-state index contributed by atoms with van der Waals surface area (Å²) in [5, 5.41) is 1.93. The van der Waals surface area contributed by atoms with E-state index in [0.717, 1.165) is 33.1 Å². The second kappa shape index (κ2) is 7.80. The van der Waals surface area contributed by atoms with Crippen LogP contribution in [0.5, 0.6) is 0 Å². The van der Waals surface area contributed by atoms with Crippen LogP contribution in [0.2, 0.25) is 5.02 Å². The van der Waals surface area contributed by atoms with E-state index in [4.69, 9.17) is 26.0 Å². The summed E-state index contributed by atoms with van der Waals surface area (Å²) in [6.07, 6.45) is 0. The predicted octanol–water partition coefficient (Wildman–Crippen LogP) is 7.56. The van der Waals surface area contributed by atoms with Gasteiger partial charge in [-0.1, -0.05) is 72.3 Å². The van der Waals surface area contributed by atoms with Crippen molar-refractivity contribution in [2.75, 3.05) is 0 Å².